The van der Waals surface area contributed by atoms with Gasteiger partial charge in [-0.15, -0.1) is 6.58 Å². The lowest BCUT2D eigenvalue weighted by molar-refractivity contribution is 0.904. The summed E-state index contributed by atoms with van der Waals surface area (Å²) in [6.45, 7) is 3.90. The average molecular weight is 298 g/mol. The lowest BCUT2D eigenvalue weighted by atomic mass is 9.92. The van der Waals surface area contributed by atoms with Crippen LogP contribution in [0.3, 0.4) is 0 Å². The van der Waals surface area contributed by atoms with Crippen LogP contribution in [0.2, 0.25) is 0 Å². The van der Waals surface area contributed by atoms with Crippen LogP contribution in [0.25, 0.3) is 22.6 Å². The van der Waals surface area contributed by atoms with Gasteiger partial charge in [-0.25, -0.2) is 4.98 Å². The summed E-state index contributed by atoms with van der Waals surface area (Å²) in [4.78, 5) is 4.86. The maximum atomic E-state index is 4.86. The van der Waals surface area contributed by atoms with Crippen LogP contribution < -0.4 is 5.32 Å². The van der Waals surface area contributed by atoms with Crippen molar-refractivity contribution in [2.45, 2.75) is 12.5 Å². The highest BCUT2D eigenvalue weighted by molar-refractivity contribution is 5.93. The van der Waals surface area contributed by atoms with E-state index >= 15 is 0 Å². The molecule has 1 N–H and O–H groups in total. The number of hydrogen-bond donors (Lipinski definition) is 1. The molecule has 0 bridgehead atoms. The minimum atomic E-state index is 0.205. The van der Waals surface area contributed by atoms with Gasteiger partial charge in [-0.05, 0) is 36.3 Å². The molecule has 2 aromatic carbocycles. The number of nitrogens with zero attached hydrogens (tertiary/aromatic N) is 1. The van der Waals surface area contributed by atoms with E-state index in [0.717, 1.165) is 17.6 Å². The van der Waals surface area contributed by atoms with Gasteiger partial charge in [-0.1, -0.05) is 48.5 Å². The van der Waals surface area contributed by atoms with Gasteiger partial charge in [0, 0.05) is 16.6 Å². The first-order chi connectivity index (χ1) is 11.3. The van der Waals surface area contributed by atoms with Gasteiger partial charge >= 0.3 is 0 Å². The lowest BCUT2D eigenvalue weighted by Crippen LogP contribution is -2.24. The number of anilines is 1. The normalized spacial score (nSPS) is 16.3. The molecule has 112 valence electrons. The van der Waals surface area contributed by atoms with Gasteiger partial charge in [-0.3, -0.25) is 0 Å². The highest BCUT2D eigenvalue weighted by atomic mass is 14.9. The van der Waals surface area contributed by atoms with Crippen molar-refractivity contribution in [2.24, 2.45) is 0 Å². The zero-order valence-electron chi connectivity index (χ0n) is 12.9. The third-order valence-corrected chi connectivity index (χ3v) is 4.27. The van der Waals surface area contributed by atoms with Crippen LogP contribution in [0, 0.1) is 0 Å². The summed E-state index contributed by atoms with van der Waals surface area (Å²) in [5, 5.41) is 4.78. The summed E-state index contributed by atoms with van der Waals surface area (Å²) in [6.07, 6.45) is 5.08. The van der Waals surface area contributed by atoms with E-state index in [9.17, 15) is 0 Å². The molecule has 1 atom stereocenters. The van der Waals surface area contributed by atoms with Crippen molar-refractivity contribution in [3.05, 3.63) is 84.6 Å². The van der Waals surface area contributed by atoms with Crippen molar-refractivity contribution >= 4 is 28.2 Å². The van der Waals surface area contributed by atoms with Crippen molar-refractivity contribution in [1.29, 1.82) is 0 Å². The van der Waals surface area contributed by atoms with Crippen LogP contribution in [0.1, 0.15) is 17.7 Å². The highest BCUT2D eigenvalue weighted by Gasteiger charge is 2.21. The number of fused-ring (bicyclic) bond motifs is 2. The number of rotatable bonds is 3. The Morgan fingerprint density at radius 2 is 1.83 bits per heavy atom. The molecule has 0 spiro atoms. The predicted octanol–water partition coefficient (Wildman–Crippen LogP) is 5.15. The second-order valence-electron chi connectivity index (χ2n) is 5.80. The number of nitrogens with one attached hydrogen (secondary N) is 1. The summed E-state index contributed by atoms with van der Waals surface area (Å²) in [7, 11) is 0. The van der Waals surface area contributed by atoms with Crippen LogP contribution in [-0.4, -0.2) is 11.0 Å². The molecule has 23 heavy (non-hydrogen) atoms. The van der Waals surface area contributed by atoms with Crippen molar-refractivity contribution < 1.29 is 0 Å². The molecule has 1 aromatic heterocycles. The molecular formula is C21H18N2. The maximum absolute atomic E-state index is 4.86. The second kappa shape index (κ2) is 5.73. The fourth-order valence-electron chi connectivity index (χ4n) is 3.12. The van der Waals surface area contributed by atoms with Crippen molar-refractivity contribution in [3.63, 3.8) is 0 Å². The minimum absolute atomic E-state index is 0.205. The molecule has 3 aromatic rings. The van der Waals surface area contributed by atoms with Gasteiger partial charge in [0.05, 0.1) is 17.3 Å². The molecule has 1 aliphatic heterocycles. The van der Waals surface area contributed by atoms with Crippen LogP contribution in [0.4, 0.5) is 5.69 Å². The molecule has 0 unspecified atom stereocenters. The van der Waals surface area contributed by atoms with Crippen LogP contribution >= 0.6 is 0 Å². The number of pyridine rings is 1. The van der Waals surface area contributed by atoms with Gasteiger partial charge in [0.15, 0.2) is 0 Å². The van der Waals surface area contributed by atoms with E-state index in [2.05, 4.69) is 66.5 Å². The summed E-state index contributed by atoms with van der Waals surface area (Å²) < 4.78 is 0. The zero-order valence-corrected chi connectivity index (χ0v) is 12.9. The van der Waals surface area contributed by atoms with E-state index in [-0.39, 0.29) is 6.04 Å². The molecule has 2 heteroatoms. The Kier molecular flexibility index (Phi) is 3.43. The first kappa shape index (κ1) is 13.8. The molecule has 0 aliphatic carbocycles. The lowest BCUT2D eigenvalue weighted by Gasteiger charge is -2.27. The van der Waals surface area contributed by atoms with Gasteiger partial charge in [0.1, 0.15) is 0 Å². The van der Waals surface area contributed by atoms with E-state index in [1.165, 1.54) is 22.2 Å². The van der Waals surface area contributed by atoms with E-state index in [4.69, 9.17) is 4.98 Å². The minimum Gasteiger partial charge on any atom is -0.377 e. The van der Waals surface area contributed by atoms with Crippen LogP contribution in [-0.2, 0) is 0 Å². The topological polar surface area (TPSA) is 24.9 Å². The largest absolute Gasteiger partial charge is 0.377 e. The van der Waals surface area contributed by atoms with Gasteiger partial charge in [0.2, 0.25) is 0 Å². The smallest absolute Gasteiger partial charge is 0.0709 e. The Bertz CT molecular complexity index is 908. The molecule has 0 amide bonds. The van der Waals surface area contributed by atoms with E-state index < -0.39 is 0 Å². The first-order valence-corrected chi connectivity index (χ1v) is 7.89. The summed E-state index contributed by atoms with van der Waals surface area (Å²) in [5.41, 5.74) is 5.65. The Balaban J connectivity index is 1.85. The third-order valence-electron chi connectivity index (χ3n) is 4.27. The number of benzene rings is 2. The fourth-order valence-corrected chi connectivity index (χ4v) is 3.12. The fraction of sp³-hybridized carbons (Fsp3) is 0.0952. The standard InChI is InChI=1S/C21H18N2/c1-2-7-20-17(14-16-9-4-6-11-19(16)23-20)21-13-12-15-8-3-5-10-18(15)22-21/h2-6,8-14,20,23H,1,7H2/t20-/m0/s1. The van der Waals surface area contributed by atoms with Gasteiger partial charge < -0.3 is 5.32 Å². The Morgan fingerprint density at radius 1 is 1.00 bits per heavy atom. The van der Waals surface area contributed by atoms with Gasteiger partial charge in [-0.2, -0.15) is 0 Å². The average Bonchev–Trinajstić information content (AvgIpc) is 2.61. The molecule has 2 nitrogen and oxygen atoms in total. The summed E-state index contributed by atoms with van der Waals surface area (Å²) in [5.74, 6) is 0. The van der Waals surface area contributed by atoms with Crippen molar-refractivity contribution in [3.8, 4) is 0 Å². The van der Waals surface area contributed by atoms with E-state index in [1.807, 2.05) is 18.2 Å². The molecule has 4 rings (SSSR count). The monoisotopic (exact) mass is 298 g/mol. The molecule has 0 saturated carbocycles. The van der Waals surface area contributed by atoms with E-state index in [0.29, 0.717) is 0 Å². The molecule has 0 radical (unpaired) electrons. The Hall–Kier alpha value is -2.87. The predicted molar refractivity (Wildman–Crippen MR) is 98.3 cm³/mol. The number of aromatic nitrogens is 1. The SMILES string of the molecule is C=CC[C@@H]1Nc2ccccc2C=C1c1ccc2ccccc2n1. The number of hydrogen-bond acceptors (Lipinski definition) is 2. The molecular weight excluding hydrogens is 280 g/mol. The van der Waals surface area contributed by atoms with Crippen molar-refractivity contribution in [1.82, 2.24) is 4.98 Å². The molecule has 1 aliphatic rings. The van der Waals surface area contributed by atoms with Crippen LogP contribution in [0.5, 0.6) is 0 Å². The third kappa shape index (κ3) is 2.53. The molecule has 2 heterocycles. The first-order valence-electron chi connectivity index (χ1n) is 7.89. The van der Waals surface area contributed by atoms with Gasteiger partial charge in [0.25, 0.3) is 0 Å². The zero-order chi connectivity index (χ0) is 15.6. The highest BCUT2D eigenvalue weighted by Crippen LogP contribution is 2.33. The molecule has 0 fully saturated rings. The number of para-hydroxylation sites is 2. The van der Waals surface area contributed by atoms with E-state index in [1.54, 1.807) is 0 Å². The van der Waals surface area contributed by atoms with Crippen molar-refractivity contribution in [2.75, 3.05) is 5.32 Å². The summed E-state index contributed by atoms with van der Waals surface area (Å²) >= 11 is 0. The molecule has 0 saturated heterocycles. The maximum Gasteiger partial charge on any atom is 0.0709 e. The Morgan fingerprint density at radius 3 is 2.74 bits per heavy atom. The second-order valence-corrected chi connectivity index (χ2v) is 5.80. The Labute approximate surface area is 136 Å². The summed E-state index contributed by atoms with van der Waals surface area (Å²) in [6, 6.07) is 21.1. The quantitative estimate of drug-likeness (QED) is 0.677. The van der Waals surface area contributed by atoms with Crippen LogP contribution in [0.15, 0.2) is 73.3 Å².